The zero-order chi connectivity index (χ0) is 13.0. The molecule has 1 aliphatic rings. The minimum atomic E-state index is -0.0890. The second-order valence-electron chi connectivity index (χ2n) is 4.47. The van der Waals surface area contributed by atoms with Crippen molar-refractivity contribution in [3.8, 4) is 0 Å². The lowest BCUT2D eigenvalue weighted by Crippen LogP contribution is -2.40. The average Bonchev–Trinajstić information content (AvgIpc) is 3.04. The van der Waals surface area contributed by atoms with Gasteiger partial charge in [0, 0.05) is 24.5 Å². The molecule has 2 heterocycles. The number of amides is 1. The minimum Gasteiger partial charge on any atom is -0.349 e. The highest BCUT2D eigenvalue weighted by Crippen LogP contribution is 2.16. The molecule has 1 atom stereocenters. The zero-order valence-corrected chi connectivity index (χ0v) is 14.0. The number of halogens is 2. The summed E-state index contributed by atoms with van der Waals surface area (Å²) in [5, 5.41) is 5.54. The lowest BCUT2D eigenvalue weighted by Gasteiger charge is -2.22. The molecule has 5 nitrogen and oxygen atoms in total. The summed E-state index contributed by atoms with van der Waals surface area (Å²) in [6, 6.07) is 0.478. The molecule has 1 amide bonds. The minimum absolute atomic E-state index is 0. The zero-order valence-electron chi connectivity index (χ0n) is 11.5. The first-order valence-corrected chi connectivity index (χ1v) is 7.29. The van der Waals surface area contributed by atoms with Crippen molar-refractivity contribution >= 4 is 42.1 Å². The highest BCUT2D eigenvalue weighted by Gasteiger charge is 2.23. The van der Waals surface area contributed by atoms with Crippen molar-refractivity contribution in [3.05, 3.63) is 16.1 Å². The molecule has 1 saturated heterocycles. The van der Waals surface area contributed by atoms with E-state index >= 15 is 0 Å². The molecule has 1 unspecified atom stereocenters. The second-order valence-corrected chi connectivity index (χ2v) is 5.41. The summed E-state index contributed by atoms with van der Waals surface area (Å²) < 4.78 is 0. The molecule has 3 N–H and O–H groups in total. The molecule has 1 aliphatic heterocycles. The van der Waals surface area contributed by atoms with E-state index < -0.39 is 0 Å². The summed E-state index contributed by atoms with van der Waals surface area (Å²) >= 11 is 1.43. The van der Waals surface area contributed by atoms with Crippen molar-refractivity contribution in [1.82, 2.24) is 15.2 Å². The Morgan fingerprint density at radius 1 is 1.60 bits per heavy atom. The predicted molar refractivity (Wildman–Crippen MR) is 87.1 cm³/mol. The Kier molecular flexibility index (Phi) is 9.33. The molecule has 0 radical (unpaired) electrons. The number of nitrogens with one attached hydrogen (secondary N) is 1. The van der Waals surface area contributed by atoms with Gasteiger partial charge in [0.15, 0.2) is 0 Å². The number of hydrogen-bond donors (Lipinski definition) is 2. The van der Waals surface area contributed by atoms with Gasteiger partial charge >= 0.3 is 0 Å². The molecule has 1 aromatic rings. The molecular weight excluding hydrogens is 319 g/mol. The Morgan fingerprint density at radius 2 is 2.35 bits per heavy atom. The summed E-state index contributed by atoms with van der Waals surface area (Å²) in [6.07, 6.45) is 2.39. The van der Waals surface area contributed by atoms with E-state index in [0.29, 0.717) is 24.8 Å². The molecule has 0 saturated carbocycles. The molecule has 20 heavy (non-hydrogen) atoms. The van der Waals surface area contributed by atoms with Gasteiger partial charge in [-0.2, -0.15) is 0 Å². The van der Waals surface area contributed by atoms with Gasteiger partial charge in [-0.05, 0) is 25.9 Å². The van der Waals surface area contributed by atoms with E-state index in [0.717, 1.165) is 18.1 Å². The highest BCUT2D eigenvalue weighted by molar-refractivity contribution is 7.09. The van der Waals surface area contributed by atoms with Gasteiger partial charge in [0.05, 0.1) is 0 Å². The van der Waals surface area contributed by atoms with E-state index in [4.69, 9.17) is 5.73 Å². The van der Waals surface area contributed by atoms with E-state index in [1.165, 1.54) is 24.2 Å². The van der Waals surface area contributed by atoms with Crippen molar-refractivity contribution in [2.75, 3.05) is 19.6 Å². The third-order valence-corrected chi connectivity index (χ3v) is 4.23. The third-order valence-electron chi connectivity index (χ3n) is 3.36. The van der Waals surface area contributed by atoms with Crippen LogP contribution in [-0.2, 0) is 6.54 Å². The van der Waals surface area contributed by atoms with Crippen LogP contribution in [0, 0.1) is 0 Å². The van der Waals surface area contributed by atoms with Crippen LogP contribution in [0.1, 0.15) is 35.3 Å². The first-order valence-electron chi connectivity index (χ1n) is 6.41. The summed E-state index contributed by atoms with van der Waals surface area (Å²) in [4.78, 5) is 18.5. The number of thiazole rings is 1. The maximum absolute atomic E-state index is 11.9. The van der Waals surface area contributed by atoms with Gasteiger partial charge in [0.25, 0.3) is 5.91 Å². The molecule has 1 fully saturated rings. The van der Waals surface area contributed by atoms with Crippen LogP contribution >= 0.6 is 36.2 Å². The van der Waals surface area contributed by atoms with Gasteiger partial charge in [0.1, 0.15) is 10.7 Å². The molecule has 116 valence electrons. The number of nitrogens with two attached hydrogens (primary N) is 1. The maximum Gasteiger partial charge on any atom is 0.270 e. The number of nitrogens with zero attached hydrogens (tertiary/aromatic N) is 2. The van der Waals surface area contributed by atoms with Crippen LogP contribution in [0.25, 0.3) is 0 Å². The number of hydrogen-bond acceptors (Lipinski definition) is 5. The van der Waals surface area contributed by atoms with E-state index in [9.17, 15) is 4.79 Å². The fourth-order valence-electron chi connectivity index (χ4n) is 2.35. The van der Waals surface area contributed by atoms with Crippen LogP contribution in [0.3, 0.4) is 0 Å². The van der Waals surface area contributed by atoms with Crippen molar-refractivity contribution in [3.63, 3.8) is 0 Å². The Morgan fingerprint density at radius 3 is 2.95 bits per heavy atom. The summed E-state index contributed by atoms with van der Waals surface area (Å²) in [6.45, 7) is 5.46. The van der Waals surface area contributed by atoms with Crippen LogP contribution in [0.5, 0.6) is 0 Å². The van der Waals surface area contributed by atoms with Crippen molar-refractivity contribution < 1.29 is 4.79 Å². The van der Waals surface area contributed by atoms with Crippen LogP contribution in [-0.4, -0.2) is 41.5 Å². The summed E-state index contributed by atoms with van der Waals surface area (Å²) in [5.74, 6) is -0.0890. The number of rotatable bonds is 5. The normalized spacial score (nSPS) is 18.2. The molecule has 1 aromatic heterocycles. The van der Waals surface area contributed by atoms with Crippen LogP contribution in [0.4, 0.5) is 0 Å². The van der Waals surface area contributed by atoms with Gasteiger partial charge in [-0.1, -0.05) is 6.92 Å². The van der Waals surface area contributed by atoms with Gasteiger partial charge in [-0.25, -0.2) is 4.98 Å². The van der Waals surface area contributed by atoms with E-state index in [2.05, 4.69) is 22.1 Å². The first-order chi connectivity index (χ1) is 8.74. The number of carbonyl (C=O) groups excluding carboxylic acids is 1. The van der Waals surface area contributed by atoms with Crippen LogP contribution < -0.4 is 11.1 Å². The van der Waals surface area contributed by atoms with E-state index in [-0.39, 0.29) is 30.7 Å². The fourth-order valence-corrected chi connectivity index (χ4v) is 3.01. The van der Waals surface area contributed by atoms with E-state index in [1.54, 1.807) is 5.38 Å². The average molecular weight is 341 g/mol. The molecule has 8 heteroatoms. The van der Waals surface area contributed by atoms with Crippen LogP contribution in [0.15, 0.2) is 5.38 Å². The van der Waals surface area contributed by atoms with Crippen LogP contribution in [0.2, 0.25) is 0 Å². The van der Waals surface area contributed by atoms with Gasteiger partial charge in [0.2, 0.25) is 0 Å². The number of carbonyl (C=O) groups is 1. The van der Waals surface area contributed by atoms with Gasteiger partial charge in [-0.15, -0.1) is 36.2 Å². The molecule has 0 bridgehead atoms. The van der Waals surface area contributed by atoms with Gasteiger partial charge in [-0.3, -0.25) is 9.69 Å². The van der Waals surface area contributed by atoms with E-state index in [1.807, 2.05) is 0 Å². The standard InChI is InChI=1S/C12H20N4OS.2ClH/c1-2-16-5-3-4-9(16)7-14-12(17)10-8-18-11(6-13)15-10;;/h8-9H,2-7,13H2,1H3,(H,14,17);2*1H. The smallest absolute Gasteiger partial charge is 0.270 e. The number of likely N-dealkylation sites (tertiary alicyclic amines) is 1. The monoisotopic (exact) mass is 340 g/mol. The van der Waals surface area contributed by atoms with Crippen molar-refractivity contribution in [2.24, 2.45) is 5.73 Å². The lowest BCUT2D eigenvalue weighted by atomic mass is 10.2. The predicted octanol–water partition coefficient (Wildman–Crippen LogP) is 1.66. The Hall–Kier alpha value is -0.400. The third kappa shape index (κ3) is 4.86. The Balaban J connectivity index is 0.00000180. The molecule has 0 spiro atoms. The van der Waals surface area contributed by atoms with Gasteiger partial charge < -0.3 is 11.1 Å². The molecular formula is C12H22Cl2N4OS. The van der Waals surface area contributed by atoms with Crippen molar-refractivity contribution in [2.45, 2.75) is 32.4 Å². The summed E-state index contributed by atoms with van der Waals surface area (Å²) in [5.41, 5.74) is 5.97. The first kappa shape index (κ1) is 19.6. The lowest BCUT2D eigenvalue weighted by molar-refractivity contribution is 0.0937. The molecule has 0 aliphatic carbocycles. The SMILES string of the molecule is CCN1CCCC1CNC(=O)c1csc(CN)n1.Cl.Cl. The summed E-state index contributed by atoms with van der Waals surface area (Å²) in [7, 11) is 0. The Labute approximate surface area is 136 Å². The molecule has 0 aromatic carbocycles. The second kappa shape index (κ2) is 9.52. The molecule has 2 rings (SSSR count). The Bertz CT molecular complexity index is 416. The topological polar surface area (TPSA) is 71.2 Å². The number of aromatic nitrogens is 1. The largest absolute Gasteiger partial charge is 0.349 e. The maximum atomic E-state index is 11.9. The van der Waals surface area contributed by atoms with Crippen molar-refractivity contribution in [1.29, 1.82) is 0 Å². The highest BCUT2D eigenvalue weighted by atomic mass is 35.5. The number of likely N-dealkylation sites (N-methyl/N-ethyl adjacent to an activating group) is 1. The fraction of sp³-hybridized carbons (Fsp3) is 0.667. The quantitative estimate of drug-likeness (QED) is 0.855.